The predicted molar refractivity (Wildman–Crippen MR) is 81.1 cm³/mol. The molecule has 0 radical (unpaired) electrons. The Hall–Kier alpha value is -2.54. The highest BCUT2D eigenvalue weighted by molar-refractivity contribution is 7.17. The van der Waals surface area contributed by atoms with Gasteiger partial charge in [0.2, 0.25) is 0 Å². The largest absolute Gasteiger partial charge is 0.497 e. The van der Waals surface area contributed by atoms with Crippen molar-refractivity contribution in [2.75, 3.05) is 14.2 Å². The van der Waals surface area contributed by atoms with Gasteiger partial charge in [0, 0.05) is 18.2 Å². The zero-order chi connectivity index (χ0) is 15.0. The van der Waals surface area contributed by atoms with Crippen LogP contribution in [0.4, 0.5) is 0 Å². The Bertz CT molecular complexity index is 900. The summed E-state index contributed by atoms with van der Waals surface area (Å²) >= 11 is 1.29. The number of ether oxygens (including phenoxy) is 2. The maximum Gasteiger partial charge on any atom is 0.333 e. The second-order valence-electron chi connectivity index (χ2n) is 4.30. The standard InChI is InChI=1S/C14H12N2O4S/c1-19-9-5-8(6-10(7-9)20-2)16-13(17)12-11(3-4-21-12)15-14(16)18/h3-7H,1-2H3,(H,15,18). The number of hydrogen-bond acceptors (Lipinski definition) is 5. The summed E-state index contributed by atoms with van der Waals surface area (Å²) in [4.78, 5) is 27.4. The molecule has 0 aliphatic heterocycles. The Labute approximate surface area is 123 Å². The quantitative estimate of drug-likeness (QED) is 0.800. The van der Waals surface area contributed by atoms with Gasteiger partial charge < -0.3 is 14.5 Å². The smallest absolute Gasteiger partial charge is 0.333 e. The lowest BCUT2D eigenvalue weighted by atomic mass is 10.2. The minimum Gasteiger partial charge on any atom is -0.497 e. The normalized spacial score (nSPS) is 10.8. The van der Waals surface area contributed by atoms with Gasteiger partial charge in [-0.15, -0.1) is 11.3 Å². The first-order valence-corrected chi connectivity index (χ1v) is 6.98. The SMILES string of the molecule is COc1cc(OC)cc(-n2c(=O)[nH]c3ccsc3c2=O)c1. The third kappa shape index (κ3) is 2.21. The van der Waals surface area contributed by atoms with E-state index < -0.39 is 5.69 Å². The van der Waals surface area contributed by atoms with Gasteiger partial charge >= 0.3 is 5.69 Å². The van der Waals surface area contributed by atoms with Crippen molar-refractivity contribution in [3.63, 3.8) is 0 Å². The first kappa shape index (κ1) is 13.4. The molecule has 0 unspecified atom stereocenters. The lowest BCUT2D eigenvalue weighted by molar-refractivity contribution is 0.394. The number of rotatable bonds is 3. The fourth-order valence-corrected chi connectivity index (χ4v) is 2.87. The summed E-state index contributed by atoms with van der Waals surface area (Å²) in [6, 6.07) is 6.60. The van der Waals surface area contributed by atoms with Gasteiger partial charge in [0.05, 0.1) is 25.4 Å². The summed E-state index contributed by atoms with van der Waals surface area (Å²) in [5.41, 5.74) is 0.0779. The molecule has 21 heavy (non-hydrogen) atoms. The van der Waals surface area contributed by atoms with Gasteiger partial charge in [-0.05, 0) is 11.4 Å². The third-order valence-corrected chi connectivity index (χ3v) is 4.00. The molecular formula is C14H12N2O4S. The van der Waals surface area contributed by atoms with Crippen molar-refractivity contribution in [3.05, 3.63) is 50.5 Å². The zero-order valence-corrected chi connectivity index (χ0v) is 12.2. The van der Waals surface area contributed by atoms with E-state index in [1.807, 2.05) is 0 Å². The van der Waals surface area contributed by atoms with Crippen molar-refractivity contribution in [2.45, 2.75) is 0 Å². The number of hydrogen-bond donors (Lipinski definition) is 1. The van der Waals surface area contributed by atoms with Crippen LogP contribution in [0.2, 0.25) is 0 Å². The van der Waals surface area contributed by atoms with E-state index in [0.717, 1.165) is 4.57 Å². The number of methoxy groups -OCH3 is 2. The Kier molecular flexibility index (Phi) is 3.26. The highest BCUT2D eigenvalue weighted by atomic mass is 32.1. The van der Waals surface area contributed by atoms with E-state index in [1.165, 1.54) is 25.6 Å². The van der Waals surface area contributed by atoms with Crippen LogP contribution in [0.1, 0.15) is 0 Å². The van der Waals surface area contributed by atoms with E-state index in [4.69, 9.17) is 9.47 Å². The topological polar surface area (TPSA) is 73.3 Å². The minimum atomic E-state index is -0.499. The van der Waals surface area contributed by atoms with Crippen LogP contribution in [0.3, 0.4) is 0 Å². The monoisotopic (exact) mass is 304 g/mol. The molecule has 1 aromatic carbocycles. The summed E-state index contributed by atoms with van der Waals surface area (Å²) in [6.07, 6.45) is 0. The second-order valence-corrected chi connectivity index (χ2v) is 5.22. The number of nitrogens with zero attached hydrogens (tertiary/aromatic N) is 1. The number of aromatic nitrogens is 2. The van der Waals surface area contributed by atoms with Crippen LogP contribution in [0, 0.1) is 0 Å². The van der Waals surface area contributed by atoms with Crippen molar-refractivity contribution in [1.82, 2.24) is 9.55 Å². The van der Waals surface area contributed by atoms with E-state index in [1.54, 1.807) is 29.6 Å². The Morgan fingerprint density at radius 2 is 1.76 bits per heavy atom. The van der Waals surface area contributed by atoms with E-state index in [-0.39, 0.29) is 5.56 Å². The molecule has 0 aliphatic carbocycles. The Morgan fingerprint density at radius 1 is 1.10 bits per heavy atom. The van der Waals surface area contributed by atoms with E-state index >= 15 is 0 Å². The van der Waals surface area contributed by atoms with Crippen molar-refractivity contribution in [1.29, 1.82) is 0 Å². The maximum absolute atomic E-state index is 12.5. The summed E-state index contributed by atoms with van der Waals surface area (Å²) in [5.74, 6) is 1.00. The molecule has 3 rings (SSSR count). The van der Waals surface area contributed by atoms with Gasteiger partial charge in [-0.2, -0.15) is 0 Å². The van der Waals surface area contributed by atoms with Crippen LogP contribution in [-0.2, 0) is 0 Å². The number of aromatic amines is 1. The van der Waals surface area contributed by atoms with E-state index in [9.17, 15) is 9.59 Å². The lowest BCUT2D eigenvalue weighted by Crippen LogP contribution is -2.33. The number of benzene rings is 1. The van der Waals surface area contributed by atoms with Crippen LogP contribution in [0.5, 0.6) is 11.5 Å². The average molecular weight is 304 g/mol. The fraction of sp³-hybridized carbons (Fsp3) is 0.143. The summed E-state index contributed by atoms with van der Waals surface area (Å²) < 4.78 is 11.9. The van der Waals surface area contributed by atoms with Crippen molar-refractivity contribution >= 4 is 21.6 Å². The first-order chi connectivity index (χ1) is 10.1. The van der Waals surface area contributed by atoms with E-state index in [2.05, 4.69) is 4.98 Å². The molecule has 0 aliphatic rings. The number of H-pyrrole nitrogens is 1. The molecule has 0 saturated heterocycles. The Balaban J connectivity index is 2.34. The van der Waals surface area contributed by atoms with Crippen molar-refractivity contribution < 1.29 is 9.47 Å². The number of fused-ring (bicyclic) bond motifs is 1. The fourth-order valence-electron chi connectivity index (χ4n) is 2.09. The maximum atomic E-state index is 12.5. The van der Waals surface area contributed by atoms with Crippen LogP contribution in [-0.4, -0.2) is 23.8 Å². The van der Waals surface area contributed by atoms with Gasteiger partial charge in [0.25, 0.3) is 5.56 Å². The van der Waals surface area contributed by atoms with Gasteiger partial charge in [-0.1, -0.05) is 0 Å². The molecule has 6 nitrogen and oxygen atoms in total. The molecule has 2 aromatic heterocycles. The third-order valence-electron chi connectivity index (χ3n) is 3.10. The number of thiophene rings is 1. The predicted octanol–water partition coefficient (Wildman–Crippen LogP) is 1.76. The van der Waals surface area contributed by atoms with Gasteiger partial charge in [0.15, 0.2) is 0 Å². The molecule has 7 heteroatoms. The molecule has 1 N–H and O–H groups in total. The summed E-state index contributed by atoms with van der Waals surface area (Å²) in [6.45, 7) is 0. The molecule has 0 atom stereocenters. The molecule has 0 amide bonds. The van der Waals surface area contributed by atoms with Crippen LogP contribution in [0.15, 0.2) is 39.2 Å². The second kappa shape index (κ2) is 5.10. The van der Waals surface area contributed by atoms with Gasteiger partial charge in [-0.25, -0.2) is 9.36 Å². The molecular weight excluding hydrogens is 292 g/mol. The highest BCUT2D eigenvalue weighted by Gasteiger charge is 2.12. The van der Waals surface area contributed by atoms with Crippen LogP contribution in [0.25, 0.3) is 15.9 Å². The molecule has 2 heterocycles. The summed E-state index contributed by atoms with van der Waals surface area (Å²) in [5, 5.41) is 1.76. The van der Waals surface area contributed by atoms with Gasteiger partial charge in [0.1, 0.15) is 16.2 Å². The molecule has 3 aromatic rings. The molecule has 0 fully saturated rings. The van der Waals surface area contributed by atoms with Crippen molar-refractivity contribution in [3.8, 4) is 17.2 Å². The summed E-state index contributed by atoms with van der Waals surface area (Å²) in [7, 11) is 3.02. The minimum absolute atomic E-state index is 0.362. The zero-order valence-electron chi connectivity index (χ0n) is 11.4. The highest BCUT2D eigenvalue weighted by Crippen LogP contribution is 2.24. The molecule has 108 valence electrons. The molecule has 0 bridgehead atoms. The molecule has 0 saturated carbocycles. The van der Waals surface area contributed by atoms with Crippen LogP contribution < -0.4 is 20.7 Å². The molecule has 0 spiro atoms. The van der Waals surface area contributed by atoms with Gasteiger partial charge in [-0.3, -0.25) is 4.79 Å². The first-order valence-electron chi connectivity index (χ1n) is 6.10. The van der Waals surface area contributed by atoms with Crippen LogP contribution >= 0.6 is 11.3 Å². The Morgan fingerprint density at radius 3 is 2.38 bits per heavy atom. The average Bonchev–Trinajstić information content (AvgIpc) is 2.95. The van der Waals surface area contributed by atoms with E-state index in [0.29, 0.717) is 27.4 Å². The van der Waals surface area contributed by atoms with Crippen molar-refractivity contribution in [2.24, 2.45) is 0 Å². The lowest BCUT2D eigenvalue weighted by Gasteiger charge is -2.09. The number of nitrogens with one attached hydrogen (secondary N) is 1.